The summed E-state index contributed by atoms with van der Waals surface area (Å²) in [6.07, 6.45) is 6.14. The highest BCUT2D eigenvalue weighted by molar-refractivity contribution is 6.62. The second-order valence-corrected chi connectivity index (χ2v) is 16.8. The van der Waals surface area contributed by atoms with E-state index in [1.54, 1.807) is 0 Å². The Morgan fingerprint density at radius 1 is 0.841 bits per heavy atom. The minimum atomic E-state index is -0.585. The molecule has 7 rings (SSSR count). The predicted octanol–water partition coefficient (Wildman–Crippen LogP) is 4.27. The first-order valence-electron chi connectivity index (χ1n) is 17.1. The van der Waals surface area contributed by atoms with E-state index in [1.165, 1.54) is 6.42 Å². The van der Waals surface area contributed by atoms with E-state index in [2.05, 4.69) is 76.5 Å². The van der Waals surface area contributed by atoms with Crippen LogP contribution in [0.3, 0.4) is 0 Å². The summed E-state index contributed by atoms with van der Waals surface area (Å²) in [7, 11) is -0.473. The van der Waals surface area contributed by atoms with Crippen molar-refractivity contribution >= 4 is 30.1 Å². The fourth-order valence-electron chi connectivity index (χ4n) is 8.62. The Labute approximate surface area is 264 Å². The molecule has 1 aromatic carbocycles. The number of hydrogen-bond donors (Lipinski definition) is 0. The molecule has 2 amide bonds. The first-order chi connectivity index (χ1) is 20.6. The zero-order valence-corrected chi connectivity index (χ0v) is 28.0. The Hall–Kier alpha value is -1.94. The van der Waals surface area contributed by atoms with Crippen molar-refractivity contribution in [3.63, 3.8) is 0 Å². The van der Waals surface area contributed by atoms with Crippen LogP contribution in [0.15, 0.2) is 18.2 Å². The maximum Gasteiger partial charge on any atom is 0.494 e. The largest absolute Gasteiger partial charge is 0.494 e. The molecule has 0 unspecified atom stereocenters. The van der Waals surface area contributed by atoms with E-state index in [0.717, 1.165) is 55.5 Å². The molecule has 4 saturated heterocycles. The van der Waals surface area contributed by atoms with Crippen molar-refractivity contribution in [2.24, 2.45) is 10.8 Å². The zero-order valence-electron chi connectivity index (χ0n) is 28.0. The third-order valence-corrected chi connectivity index (χ3v) is 12.6. The molecule has 1 aliphatic carbocycles. The van der Waals surface area contributed by atoms with Crippen LogP contribution in [0.5, 0.6) is 0 Å². The van der Waals surface area contributed by atoms with E-state index in [9.17, 15) is 9.59 Å². The van der Waals surface area contributed by atoms with Gasteiger partial charge in [0, 0.05) is 50.6 Å². The van der Waals surface area contributed by atoms with E-state index in [1.807, 2.05) is 4.90 Å². The molecule has 5 aliphatic heterocycles. The highest BCUT2D eigenvalue weighted by Gasteiger charge is 2.58. The fraction of sp³-hybridized carbons (Fsp3) is 0.771. The molecule has 0 aromatic heterocycles. The molecule has 0 bridgehead atoms. The van der Waals surface area contributed by atoms with Crippen molar-refractivity contribution in [1.29, 1.82) is 0 Å². The number of fused-ring (bicyclic) bond motifs is 2. The normalized spacial score (nSPS) is 31.8. The van der Waals surface area contributed by atoms with Gasteiger partial charge in [-0.2, -0.15) is 0 Å². The van der Waals surface area contributed by atoms with Gasteiger partial charge < -0.3 is 23.8 Å². The molecule has 0 atom stereocenters. The van der Waals surface area contributed by atoms with Crippen LogP contribution >= 0.6 is 0 Å². The van der Waals surface area contributed by atoms with E-state index >= 15 is 0 Å². The topological polar surface area (TPSA) is 71.6 Å². The number of rotatable bonds is 4. The Bertz CT molecular complexity index is 1310. The van der Waals surface area contributed by atoms with E-state index in [4.69, 9.17) is 14.0 Å². The number of carbonyl (C=O) groups is 2. The smallest absolute Gasteiger partial charge is 0.399 e. The van der Waals surface area contributed by atoms with Crippen molar-refractivity contribution in [3.8, 4) is 0 Å². The number of ether oxygens (including phenoxy) is 1. The Kier molecular flexibility index (Phi) is 7.18. The van der Waals surface area contributed by atoms with E-state index in [-0.39, 0.29) is 23.3 Å². The lowest BCUT2D eigenvalue weighted by atomic mass is 9.71. The van der Waals surface area contributed by atoms with Gasteiger partial charge in [0.05, 0.1) is 22.0 Å². The number of benzene rings is 1. The highest BCUT2D eigenvalue weighted by atomic mass is 16.7. The van der Waals surface area contributed by atoms with Gasteiger partial charge in [-0.15, -0.1) is 0 Å². The van der Waals surface area contributed by atoms with Crippen LogP contribution in [-0.2, 0) is 29.0 Å². The van der Waals surface area contributed by atoms with Crippen LogP contribution in [0.1, 0.15) is 99.0 Å². The second-order valence-electron chi connectivity index (χ2n) is 16.8. The van der Waals surface area contributed by atoms with E-state index < -0.39 is 23.7 Å². The number of piperidine rings is 1. The van der Waals surface area contributed by atoms with Crippen LogP contribution in [0.4, 0.5) is 5.69 Å². The lowest BCUT2D eigenvalue weighted by Crippen LogP contribution is -2.58. The molecule has 44 heavy (non-hydrogen) atoms. The van der Waals surface area contributed by atoms with Crippen molar-refractivity contribution in [2.45, 2.75) is 122 Å². The molecule has 0 N–H and O–H groups in total. The monoisotopic (exact) mass is 605 g/mol. The van der Waals surface area contributed by atoms with Gasteiger partial charge in [0.1, 0.15) is 0 Å². The average molecular weight is 606 g/mol. The summed E-state index contributed by atoms with van der Waals surface area (Å²) < 4.78 is 18.4. The summed E-state index contributed by atoms with van der Waals surface area (Å²) in [6.45, 7) is 19.9. The summed E-state index contributed by atoms with van der Waals surface area (Å²) in [4.78, 5) is 35.2. The first kappa shape index (κ1) is 30.7. The first-order valence-corrected chi connectivity index (χ1v) is 17.1. The van der Waals surface area contributed by atoms with Gasteiger partial charge in [0.2, 0.25) is 11.8 Å². The van der Waals surface area contributed by atoms with Gasteiger partial charge in [-0.05, 0) is 102 Å². The van der Waals surface area contributed by atoms with Crippen molar-refractivity contribution in [1.82, 2.24) is 9.80 Å². The summed E-state index contributed by atoms with van der Waals surface area (Å²) in [5.74, 6) is 0.456. The fourth-order valence-corrected chi connectivity index (χ4v) is 8.62. The Morgan fingerprint density at radius 2 is 1.48 bits per heavy atom. The maximum absolute atomic E-state index is 14.7. The van der Waals surface area contributed by atoms with Crippen LogP contribution < -0.4 is 10.4 Å². The van der Waals surface area contributed by atoms with Crippen LogP contribution in [0.25, 0.3) is 0 Å². The number of likely N-dealkylation sites (tertiary alicyclic amines) is 2. The minimum absolute atomic E-state index is 0.198. The van der Waals surface area contributed by atoms with Gasteiger partial charge in [0.25, 0.3) is 0 Å². The lowest BCUT2D eigenvalue weighted by Gasteiger charge is -2.47. The minimum Gasteiger partial charge on any atom is -0.399 e. The van der Waals surface area contributed by atoms with Crippen LogP contribution in [-0.4, -0.2) is 91.4 Å². The van der Waals surface area contributed by atoms with Gasteiger partial charge in [-0.1, -0.05) is 32.9 Å². The number of amides is 2. The number of hydrogen-bond acceptors (Lipinski definition) is 6. The summed E-state index contributed by atoms with van der Waals surface area (Å²) in [6, 6.07) is 7.20. The molecule has 8 nitrogen and oxygen atoms in total. The predicted molar refractivity (Wildman–Crippen MR) is 172 cm³/mol. The Morgan fingerprint density at radius 3 is 2.07 bits per heavy atom. The maximum atomic E-state index is 14.7. The molecule has 1 spiro atoms. The quantitative estimate of drug-likeness (QED) is 0.478. The molecule has 6 aliphatic rings. The summed E-state index contributed by atoms with van der Waals surface area (Å²) in [5, 5.41) is 0. The lowest BCUT2D eigenvalue weighted by molar-refractivity contribution is -0.149. The standard InChI is InChI=1S/C35H52BN3O5/c1-31(2)10-15-38(23-31)25-21-26(22-25)39-28-20-24(36-43-32(3,4)33(5,6)44-36)8-9-27(28)35(30(39)41)11-16-37(17-12-35)29(40)34(7)13-18-42-19-14-34/h8-9,20,25-26H,10-19,21-23H2,1-7H3/t25-,26+. The SMILES string of the molecule is CC1(C)CCN([C@H]2C[C@@H](N3C(=O)C4(CCN(C(=O)C5(C)CCOCC5)CC4)c4ccc(B5OC(C)(C)C(C)(C)O5)cc43)C2)C1. The number of nitrogens with zero attached hydrogens (tertiary/aromatic N) is 3. The summed E-state index contributed by atoms with van der Waals surface area (Å²) in [5.41, 5.74) is 1.68. The number of anilines is 1. The average Bonchev–Trinajstić information content (AvgIpc) is 3.50. The summed E-state index contributed by atoms with van der Waals surface area (Å²) >= 11 is 0. The highest BCUT2D eigenvalue weighted by Crippen LogP contribution is 2.52. The van der Waals surface area contributed by atoms with Gasteiger partial charge in [0.15, 0.2) is 0 Å². The Balaban J connectivity index is 1.16. The van der Waals surface area contributed by atoms with Crippen LogP contribution in [0.2, 0.25) is 0 Å². The van der Waals surface area contributed by atoms with Crippen molar-refractivity contribution < 1.29 is 23.6 Å². The molecule has 5 fully saturated rings. The molecule has 5 heterocycles. The van der Waals surface area contributed by atoms with Gasteiger partial charge in [-0.3, -0.25) is 14.5 Å². The van der Waals surface area contributed by atoms with Crippen molar-refractivity contribution in [3.05, 3.63) is 23.8 Å². The number of carbonyl (C=O) groups excluding carboxylic acids is 2. The van der Waals surface area contributed by atoms with Gasteiger partial charge in [-0.25, -0.2) is 0 Å². The second kappa shape index (κ2) is 10.3. The van der Waals surface area contributed by atoms with Gasteiger partial charge >= 0.3 is 7.12 Å². The molecule has 0 radical (unpaired) electrons. The molecule has 1 saturated carbocycles. The van der Waals surface area contributed by atoms with Crippen molar-refractivity contribution in [2.75, 3.05) is 44.3 Å². The molecular formula is C35H52BN3O5. The third kappa shape index (κ3) is 4.78. The zero-order chi connectivity index (χ0) is 31.3. The molecular weight excluding hydrogens is 553 g/mol. The molecule has 240 valence electrons. The van der Waals surface area contributed by atoms with Crippen LogP contribution in [0, 0.1) is 10.8 Å². The molecule has 1 aromatic rings. The van der Waals surface area contributed by atoms with E-state index in [0.29, 0.717) is 50.6 Å². The third-order valence-electron chi connectivity index (χ3n) is 12.6. The molecule has 9 heteroatoms.